The minimum atomic E-state index is -0.943. The van der Waals surface area contributed by atoms with Gasteiger partial charge in [0.1, 0.15) is 13.2 Å². The Morgan fingerprint density at radius 1 is 0.800 bits per heavy atom. The molecule has 1 aromatic rings. The first-order valence-electron chi connectivity index (χ1n) is 9.39. The van der Waals surface area contributed by atoms with Gasteiger partial charge in [0.25, 0.3) is 12.9 Å². The van der Waals surface area contributed by atoms with Gasteiger partial charge in [-0.3, -0.25) is 9.59 Å². The van der Waals surface area contributed by atoms with E-state index in [0.717, 1.165) is 0 Å². The fourth-order valence-electron chi connectivity index (χ4n) is 2.41. The van der Waals surface area contributed by atoms with E-state index in [2.05, 4.69) is 9.47 Å². The molecule has 0 radical (unpaired) electrons. The van der Waals surface area contributed by atoms with Gasteiger partial charge in [0, 0.05) is 0 Å². The zero-order valence-electron chi connectivity index (χ0n) is 16.4. The average Bonchev–Trinajstić information content (AvgIpc) is 2.76. The van der Waals surface area contributed by atoms with Gasteiger partial charge in [0.15, 0.2) is 0 Å². The summed E-state index contributed by atoms with van der Waals surface area (Å²) in [6.07, 6.45) is -0.543. The third kappa shape index (κ3) is 9.99. The van der Waals surface area contributed by atoms with Crippen LogP contribution in [0, 0.1) is 0 Å². The monoisotopic (exact) mass is 426 g/mol. The average molecular weight is 426 g/mol. The second-order valence-electron chi connectivity index (χ2n) is 6.27. The Morgan fingerprint density at radius 2 is 1.20 bits per heavy atom. The molecule has 166 valence electrons. The molecule has 10 nitrogen and oxygen atoms in total. The lowest BCUT2D eigenvalue weighted by atomic mass is 10.1. The topological polar surface area (TPSA) is 146 Å². The molecule has 0 spiro atoms. The van der Waals surface area contributed by atoms with Gasteiger partial charge in [-0.05, 0) is 37.8 Å². The van der Waals surface area contributed by atoms with Crippen molar-refractivity contribution in [1.29, 1.82) is 0 Å². The van der Waals surface area contributed by atoms with E-state index in [4.69, 9.17) is 9.47 Å². The first-order chi connectivity index (χ1) is 14.5. The van der Waals surface area contributed by atoms with Gasteiger partial charge in [-0.25, -0.2) is 9.59 Å². The highest BCUT2D eigenvalue weighted by molar-refractivity contribution is 6.03. The van der Waals surface area contributed by atoms with E-state index in [-0.39, 0.29) is 50.4 Å². The minimum Gasteiger partial charge on any atom is -0.468 e. The van der Waals surface area contributed by atoms with E-state index in [1.54, 1.807) is 12.1 Å². The highest BCUT2D eigenvalue weighted by Gasteiger charge is 2.20. The Balaban J connectivity index is 2.51. The van der Waals surface area contributed by atoms with Gasteiger partial charge in [0.2, 0.25) is 0 Å². The van der Waals surface area contributed by atoms with Crippen LogP contribution >= 0.6 is 0 Å². The SMILES string of the molecule is O=COCCCC(O)COC(=O)c1ccccc1C(=O)OCC(O)CCCOC=O. The molecule has 0 aliphatic rings. The van der Waals surface area contributed by atoms with Gasteiger partial charge in [-0.1, -0.05) is 12.1 Å². The summed E-state index contributed by atoms with van der Waals surface area (Å²) in [6.45, 7) is 0.348. The Bertz CT molecular complexity index is 618. The van der Waals surface area contributed by atoms with Crippen LogP contribution in [0.4, 0.5) is 0 Å². The minimum absolute atomic E-state index is 0.0344. The van der Waals surface area contributed by atoms with Crippen molar-refractivity contribution in [3.8, 4) is 0 Å². The molecule has 0 amide bonds. The number of hydrogen-bond donors (Lipinski definition) is 2. The van der Waals surface area contributed by atoms with Gasteiger partial charge in [-0.2, -0.15) is 0 Å². The molecule has 2 N–H and O–H groups in total. The molecule has 0 saturated heterocycles. The summed E-state index contributed by atoms with van der Waals surface area (Å²) >= 11 is 0. The van der Waals surface area contributed by atoms with Crippen molar-refractivity contribution in [3.05, 3.63) is 35.4 Å². The molecule has 2 atom stereocenters. The fourth-order valence-corrected chi connectivity index (χ4v) is 2.41. The summed E-state index contributed by atoms with van der Waals surface area (Å²) in [5.74, 6) is -1.62. The molecule has 1 rings (SSSR count). The van der Waals surface area contributed by atoms with E-state index in [0.29, 0.717) is 25.8 Å². The summed E-state index contributed by atoms with van der Waals surface area (Å²) in [5.41, 5.74) is -0.0688. The summed E-state index contributed by atoms with van der Waals surface area (Å²) < 4.78 is 19.1. The first-order valence-corrected chi connectivity index (χ1v) is 9.39. The highest BCUT2D eigenvalue weighted by Crippen LogP contribution is 2.13. The van der Waals surface area contributed by atoms with Crippen LogP contribution in [-0.4, -0.2) is 73.7 Å². The highest BCUT2D eigenvalue weighted by atomic mass is 16.6. The largest absolute Gasteiger partial charge is 0.468 e. The standard InChI is InChI=1S/C20H26O10/c21-13-27-9-3-5-15(23)11-29-19(25)17-7-1-2-8-18(17)20(26)30-12-16(24)6-4-10-28-14-22/h1-2,7-8,13-16,23-24H,3-6,9-12H2. The Labute approximate surface area is 173 Å². The predicted molar refractivity (Wildman–Crippen MR) is 102 cm³/mol. The molecule has 30 heavy (non-hydrogen) atoms. The number of aliphatic hydroxyl groups excluding tert-OH is 2. The number of carbonyl (C=O) groups is 4. The van der Waals surface area contributed by atoms with Crippen LogP contribution in [-0.2, 0) is 28.5 Å². The zero-order chi connectivity index (χ0) is 22.2. The zero-order valence-corrected chi connectivity index (χ0v) is 16.4. The Hall–Kier alpha value is -2.98. The second kappa shape index (κ2) is 14.9. The van der Waals surface area contributed by atoms with Gasteiger partial charge in [-0.15, -0.1) is 0 Å². The van der Waals surface area contributed by atoms with Gasteiger partial charge >= 0.3 is 11.9 Å². The number of esters is 2. The molecular formula is C20H26O10. The number of ether oxygens (including phenoxy) is 4. The first kappa shape index (κ1) is 25.1. The maximum atomic E-state index is 12.3. The van der Waals surface area contributed by atoms with Crippen molar-refractivity contribution in [2.45, 2.75) is 37.9 Å². The molecule has 0 fully saturated rings. The molecule has 0 saturated carbocycles. The normalized spacial score (nSPS) is 12.3. The van der Waals surface area contributed by atoms with Crippen molar-refractivity contribution in [1.82, 2.24) is 0 Å². The summed E-state index contributed by atoms with van der Waals surface area (Å²) in [7, 11) is 0. The maximum Gasteiger partial charge on any atom is 0.339 e. The molecule has 2 unspecified atom stereocenters. The van der Waals surface area contributed by atoms with E-state index < -0.39 is 24.1 Å². The van der Waals surface area contributed by atoms with Crippen molar-refractivity contribution in [3.63, 3.8) is 0 Å². The van der Waals surface area contributed by atoms with Gasteiger partial charge < -0.3 is 29.2 Å². The molecule has 0 aliphatic heterocycles. The van der Waals surface area contributed by atoms with Crippen LogP contribution < -0.4 is 0 Å². The summed E-state index contributed by atoms with van der Waals surface area (Å²) in [5, 5.41) is 19.6. The lowest BCUT2D eigenvalue weighted by molar-refractivity contribution is -0.129. The molecule has 1 aromatic carbocycles. The lowest BCUT2D eigenvalue weighted by Crippen LogP contribution is -2.22. The van der Waals surface area contributed by atoms with E-state index in [1.165, 1.54) is 12.1 Å². The van der Waals surface area contributed by atoms with Crippen molar-refractivity contribution < 1.29 is 48.3 Å². The molecule has 0 aromatic heterocycles. The summed E-state index contributed by atoms with van der Waals surface area (Å²) in [4.78, 5) is 44.7. The third-order valence-corrected chi connectivity index (χ3v) is 3.92. The number of benzene rings is 1. The van der Waals surface area contributed by atoms with Crippen LogP contribution in [0.1, 0.15) is 46.4 Å². The third-order valence-electron chi connectivity index (χ3n) is 3.92. The van der Waals surface area contributed by atoms with Crippen LogP contribution in [0.3, 0.4) is 0 Å². The number of aliphatic hydroxyl groups is 2. The van der Waals surface area contributed by atoms with Crippen LogP contribution in [0.15, 0.2) is 24.3 Å². The molecule has 0 bridgehead atoms. The van der Waals surface area contributed by atoms with Gasteiger partial charge in [0.05, 0.1) is 36.5 Å². The fraction of sp³-hybridized carbons (Fsp3) is 0.500. The van der Waals surface area contributed by atoms with E-state index in [1.807, 2.05) is 0 Å². The molecule has 10 heteroatoms. The van der Waals surface area contributed by atoms with Crippen LogP contribution in [0.25, 0.3) is 0 Å². The Kier molecular flexibility index (Phi) is 12.5. The van der Waals surface area contributed by atoms with Crippen LogP contribution in [0.2, 0.25) is 0 Å². The van der Waals surface area contributed by atoms with Crippen LogP contribution in [0.5, 0.6) is 0 Å². The van der Waals surface area contributed by atoms with Crippen molar-refractivity contribution in [2.24, 2.45) is 0 Å². The molecule has 0 aliphatic carbocycles. The predicted octanol–water partition coefficient (Wildman–Crippen LogP) is 0.628. The lowest BCUT2D eigenvalue weighted by Gasteiger charge is -2.14. The van der Waals surface area contributed by atoms with E-state index >= 15 is 0 Å². The van der Waals surface area contributed by atoms with Crippen molar-refractivity contribution >= 4 is 24.9 Å². The second-order valence-corrected chi connectivity index (χ2v) is 6.27. The molecular weight excluding hydrogens is 400 g/mol. The Morgan fingerprint density at radius 3 is 1.57 bits per heavy atom. The quantitative estimate of drug-likeness (QED) is 0.167. The molecule has 0 heterocycles. The number of rotatable bonds is 16. The van der Waals surface area contributed by atoms with Crippen molar-refractivity contribution in [2.75, 3.05) is 26.4 Å². The maximum absolute atomic E-state index is 12.3. The summed E-state index contributed by atoms with van der Waals surface area (Å²) in [6, 6.07) is 5.86. The van der Waals surface area contributed by atoms with E-state index in [9.17, 15) is 29.4 Å². The number of hydrogen-bond acceptors (Lipinski definition) is 10. The number of carbonyl (C=O) groups excluding carboxylic acids is 4. The smallest absolute Gasteiger partial charge is 0.339 e.